The number of aryl methyl sites for hydroxylation is 2. The molecule has 0 aromatic heterocycles. The van der Waals surface area contributed by atoms with E-state index in [9.17, 15) is 21.6 Å². The molecule has 0 atom stereocenters. The molecule has 11 heteroatoms. The van der Waals surface area contributed by atoms with Crippen molar-refractivity contribution < 1.29 is 26.4 Å². The van der Waals surface area contributed by atoms with Crippen molar-refractivity contribution in [3.8, 4) is 5.75 Å². The average Bonchev–Trinajstić information content (AvgIpc) is 2.76. The van der Waals surface area contributed by atoms with Crippen LogP contribution in [-0.2, 0) is 24.8 Å². The number of nitrogens with one attached hydrogen (secondary N) is 2. The zero-order valence-electron chi connectivity index (χ0n) is 19.5. The van der Waals surface area contributed by atoms with Gasteiger partial charge in [-0.25, -0.2) is 21.6 Å². The number of methoxy groups -OCH3 is 1. The monoisotopic (exact) mass is 497 g/mol. The summed E-state index contributed by atoms with van der Waals surface area (Å²) in [5, 5.41) is 2.61. The van der Waals surface area contributed by atoms with E-state index in [2.05, 4.69) is 10.0 Å². The second kappa shape index (κ2) is 11.1. The molecular weight excluding hydrogens is 466 g/mol. The molecule has 0 aliphatic rings. The minimum Gasteiger partial charge on any atom is -0.495 e. The van der Waals surface area contributed by atoms with Gasteiger partial charge in [0.2, 0.25) is 26.0 Å². The van der Waals surface area contributed by atoms with Gasteiger partial charge in [0, 0.05) is 26.1 Å². The van der Waals surface area contributed by atoms with E-state index in [1.54, 1.807) is 26.0 Å². The molecule has 0 aliphatic heterocycles. The highest BCUT2D eigenvalue weighted by Crippen LogP contribution is 2.29. The number of nitrogens with zero attached hydrogens (tertiary/aromatic N) is 1. The Morgan fingerprint density at radius 1 is 0.939 bits per heavy atom. The van der Waals surface area contributed by atoms with Crippen LogP contribution in [-0.4, -0.2) is 53.8 Å². The lowest BCUT2D eigenvalue weighted by Gasteiger charge is -2.19. The zero-order chi connectivity index (χ0) is 24.8. The SMILES string of the molecule is CCN(CC)S(=O)(=O)c1ccc(OC)c(NC(=O)CCNS(=O)(=O)c2ccc(C)c(C)c2)c1. The normalized spacial score (nSPS) is 12.1. The summed E-state index contributed by atoms with van der Waals surface area (Å²) in [5.41, 5.74) is 2.02. The second-order valence-corrected chi connectivity index (χ2v) is 11.1. The number of ether oxygens (including phenoxy) is 1. The summed E-state index contributed by atoms with van der Waals surface area (Å²) in [4.78, 5) is 12.6. The van der Waals surface area contributed by atoms with E-state index in [-0.39, 0.29) is 34.2 Å². The van der Waals surface area contributed by atoms with Crippen molar-refractivity contribution in [2.75, 3.05) is 32.1 Å². The Labute approximate surface area is 196 Å². The molecule has 182 valence electrons. The Kier molecular flexibility index (Phi) is 9.01. The lowest BCUT2D eigenvalue weighted by molar-refractivity contribution is -0.116. The van der Waals surface area contributed by atoms with Crippen LogP contribution < -0.4 is 14.8 Å². The third-order valence-corrected chi connectivity index (χ3v) is 8.73. The molecule has 2 rings (SSSR count). The number of carbonyl (C=O) groups excluding carboxylic acids is 1. The number of carbonyl (C=O) groups is 1. The van der Waals surface area contributed by atoms with Gasteiger partial charge in [-0.05, 0) is 55.3 Å². The predicted octanol–water partition coefficient (Wildman–Crippen LogP) is 2.65. The van der Waals surface area contributed by atoms with Crippen molar-refractivity contribution >= 4 is 31.6 Å². The van der Waals surface area contributed by atoms with Crippen LogP contribution in [0.5, 0.6) is 5.75 Å². The number of sulfonamides is 2. The fourth-order valence-corrected chi connectivity index (χ4v) is 5.74. The highest BCUT2D eigenvalue weighted by Gasteiger charge is 2.23. The summed E-state index contributed by atoms with van der Waals surface area (Å²) in [5.74, 6) is -0.203. The number of benzene rings is 2. The third kappa shape index (κ3) is 6.53. The molecule has 0 bridgehead atoms. The van der Waals surface area contributed by atoms with Crippen molar-refractivity contribution in [1.82, 2.24) is 9.03 Å². The first-order chi connectivity index (χ1) is 15.5. The molecule has 2 aromatic rings. The van der Waals surface area contributed by atoms with Gasteiger partial charge < -0.3 is 10.1 Å². The van der Waals surface area contributed by atoms with Crippen LogP contribution in [0.15, 0.2) is 46.2 Å². The first kappa shape index (κ1) is 26.8. The zero-order valence-corrected chi connectivity index (χ0v) is 21.1. The van der Waals surface area contributed by atoms with Gasteiger partial charge in [-0.2, -0.15) is 4.31 Å². The number of anilines is 1. The highest BCUT2D eigenvalue weighted by molar-refractivity contribution is 7.89. The molecule has 0 fully saturated rings. The Morgan fingerprint density at radius 2 is 1.58 bits per heavy atom. The summed E-state index contributed by atoms with van der Waals surface area (Å²) in [6.07, 6.45) is -0.153. The molecular formula is C22H31N3O6S2. The smallest absolute Gasteiger partial charge is 0.243 e. The maximum absolute atomic E-state index is 12.8. The van der Waals surface area contributed by atoms with Gasteiger partial charge in [-0.3, -0.25) is 4.79 Å². The number of hydrogen-bond acceptors (Lipinski definition) is 6. The Bertz CT molecular complexity index is 1210. The van der Waals surface area contributed by atoms with E-state index in [0.29, 0.717) is 13.1 Å². The molecule has 2 N–H and O–H groups in total. The Morgan fingerprint density at radius 3 is 2.15 bits per heavy atom. The molecule has 0 saturated heterocycles. The van der Waals surface area contributed by atoms with E-state index >= 15 is 0 Å². The summed E-state index contributed by atoms with van der Waals surface area (Å²) in [6, 6.07) is 9.03. The second-order valence-electron chi connectivity index (χ2n) is 7.39. The van der Waals surface area contributed by atoms with Gasteiger partial charge in [0.25, 0.3) is 0 Å². The fraction of sp³-hybridized carbons (Fsp3) is 0.409. The van der Waals surface area contributed by atoms with Crippen LogP contribution in [0.25, 0.3) is 0 Å². The molecule has 33 heavy (non-hydrogen) atoms. The Balaban J connectivity index is 2.11. The van der Waals surface area contributed by atoms with Gasteiger partial charge in [-0.15, -0.1) is 0 Å². The van der Waals surface area contributed by atoms with Gasteiger partial charge in [0.15, 0.2) is 0 Å². The minimum atomic E-state index is -3.76. The molecule has 0 saturated carbocycles. The first-order valence-electron chi connectivity index (χ1n) is 10.5. The maximum Gasteiger partial charge on any atom is 0.243 e. The highest BCUT2D eigenvalue weighted by atomic mass is 32.2. The first-order valence-corrected chi connectivity index (χ1v) is 13.4. The van der Waals surface area contributed by atoms with E-state index in [0.717, 1.165) is 11.1 Å². The van der Waals surface area contributed by atoms with Crippen molar-refractivity contribution in [3.05, 3.63) is 47.5 Å². The van der Waals surface area contributed by atoms with Crippen molar-refractivity contribution in [1.29, 1.82) is 0 Å². The molecule has 9 nitrogen and oxygen atoms in total. The van der Waals surface area contributed by atoms with E-state index in [1.807, 2.05) is 13.8 Å². The number of rotatable bonds is 11. The van der Waals surface area contributed by atoms with Gasteiger partial charge in [0.05, 0.1) is 22.6 Å². The number of amides is 1. The molecule has 0 radical (unpaired) electrons. The number of hydrogen-bond donors (Lipinski definition) is 2. The minimum absolute atomic E-state index is 0.0257. The van der Waals surface area contributed by atoms with Crippen molar-refractivity contribution in [3.63, 3.8) is 0 Å². The van der Waals surface area contributed by atoms with E-state index in [4.69, 9.17) is 4.74 Å². The van der Waals surface area contributed by atoms with Crippen molar-refractivity contribution in [2.24, 2.45) is 0 Å². The van der Waals surface area contributed by atoms with Crippen LogP contribution >= 0.6 is 0 Å². The lowest BCUT2D eigenvalue weighted by Crippen LogP contribution is -2.30. The molecule has 1 amide bonds. The maximum atomic E-state index is 12.8. The molecule has 2 aromatic carbocycles. The molecule has 0 heterocycles. The topological polar surface area (TPSA) is 122 Å². The average molecular weight is 498 g/mol. The van der Waals surface area contributed by atoms with Gasteiger partial charge in [0.1, 0.15) is 5.75 Å². The molecule has 0 aliphatic carbocycles. The largest absolute Gasteiger partial charge is 0.495 e. The molecule has 0 unspecified atom stereocenters. The standard InChI is InChI=1S/C22H31N3O6S2/c1-6-25(7-2)33(29,30)19-10-11-21(31-5)20(15-19)24-22(26)12-13-23-32(27,28)18-9-8-16(3)17(4)14-18/h8-11,14-15,23H,6-7,12-13H2,1-5H3,(H,24,26). The fourth-order valence-electron chi connectivity index (χ4n) is 3.13. The van der Waals surface area contributed by atoms with Crippen LogP contribution in [0.2, 0.25) is 0 Å². The third-order valence-electron chi connectivity index (χ3n) is 5.22. The van der Waals surface area contributed by atoms with Crippen LogP contribution in [0.3, 0.4) is 0 Å². The van der Waals surface area contributed by atoms with Crippen LogP contribution in [0.4, 0.5) is 5.69 Å². The van der Waals surface area contributed by atoms with Crippen LogP contribution in [0.1, 0.15) is 31.4 Å². The summed E-state index contributed by atoms with van der Waals surface area (Å²) >= 11 is 0. The van der Waals surface area contributed by atoms with Gasteiger partial charge >= 0.3 is 0 Å². The van der Waals surface area contributed by atoms with Crippen LogP contribution in [0, 0.1) is 13.8 Å². The predicted molar refractivity (Wildman–Crippen MR) is 127 cm³/mol. The summed E-state index contributed by atoms with van der Waals surface area (Å²) in [6.45, 7) is 7.70. The van der Waals surface area contributed by atoms with E-state index in [1.165, 1.54) is 35.7 Å². The Hall–Kier alpha value is -2.47. The molecule has 0 spiro atoms. The summed E-state index contributed by atoms with van der Waals surface area (Å²) < 4.78 is 59.5. The van der Waals surface area contributed by atoms with E-state index < -0.39 is 26.0 Å². The van der Waals surface area contributed by atoms with Gasteiger partial charge in [-0.1, -0.05) is 19.9 Å². The quantitative estimate of drug-likeness (QED) is 0.492. The lowest BCUT2D eigenvalue weighted by atomic mass is 10.1. The van der Waals surface area contributed by atoms with Crippen molar-refractivity contribution in [2.45, 2.75) is 43.9 Å². The summed E-state index contributed by atoms with van der Waals surface area (Å²) in [7, 11) is -6.08.